The molecule has 0 aliphatic carbocycles. The van der Waals surface area contributed by atoms with Gasteiger partial charge in [-0.1, -0.05) is 54.6 Å². The molecule has 0 aliphatic rings. The van der Waals surface area contributed by atoms with Gasteiger partial charge in [-0.3, -0.25) is 4.79 Å². The first kappa shape index (κ1) is 15.0. The van der Waals surface area contributed by atoms with Crippen LogP contribution in [0.15, 0.2) is 65.6 Å². The Morgan fingerprint density at radius 1 is 1.04 bits per heavy atom. The zero-order valence-electron chi connectivity index (χ0n) is 13.2. The second-order valence-corrected chi connectivity index (χ2v) is 5.36. The first-order chi connectivity index (χ1) is 11.2. The van der Waals surface area contributed by atoms with Crippen molar-refractivity contribution in [2.24, 2.45) is 0 Å². The average molecular weight is 306 g/mol. The van der Waals surface area contributed by atoms with Gasteiger partial charge in [-0.05, 0) is 18.1 Å². The number of ether oxygens (including phenoxy) is 1. The Morgan fingerprint density at radius 3 is 2.43 bits per heavy atom. The first-order valence-electron chi connectivity index (χ1n) is 7.44. The number of aromatic nitrogens is 2. The molecule has 3 aromatic rings. The highest BCUT2D eigenvalue weighted by Crippen LogP contribution is 2.19. The molecule has 0 N–H and O–H groups in total. The second-order valence-electron chi connectivity index (χ2n) is 5.36. The standard InChI is InChI=1S/C19H18N2O2/c1-14-8-6-7-11-16(14)12-21-13-17(23-2)19(22)20-18(21)15-9-4-3-5-10-15/h3-11,13H,12H2,1-2H3. The molecular weight excluding hydrogens is 288 g/mol. The third-order valence-electron chi connectivity index (χ3n) is 3.82. The predicted octanol–water partition coefficient (Wildman–Crippen LogP) is 3.28. The minimum absolute atomic E-state index is 0.248. The van der Waals surface area contributed by atoms with E-state index in [0.717, 1.165) is 5.56 Å². The summed E-state index contributed by atoms with van der Waals surface area (Å²) in [7, 11) is 1.48. The van der Waals surface area contributed by atoms with Gasteiger partial charge in [-0.25, -0.2) is 0 Å². The summed E-state index contributed by atoms with van der Waals surface area (Å²) in [5, 5.41) is 0. The Morgan fingerprint density at radius 2 is 1.74 bits per heavy atom. The number of nitrogens with zero attached hydrogens (tertiary/aromatic N) is 2. The highest BCUT2D eigenvalue weighted by atomic mass is 16.5. The number of rotatable bonds is 4. The van der Waals surface area contributed by atoms with E-state index in [1.165, 1.54) is 18.2 Å². The smallest absolute Gasteiger partial charge is 0.315 e. The van der Waals surface area contributed by atoms with Crippen molar-refractivity contribution >= 4 is 0 Å². The van der Waals surface area contributed by atoms with E-state index in [1.54, 1.807) is 6.20 Å². The molecule has 3 rings (SSSR count). The van der Waals surface area contributed by atoms with Gasteiger partial charge in [-0.15, -0.1) is 0 Å². The summed E-state index contributed by atoms with van der Waals surface area (Å²) < 4.78 is 7.10. The van der Waals surface area contributed by atoms with Crippen LogP contribution < -0.4 is 10.3 Å². The second kappa shape index (κ2) is 6.48. The largest absolute Gasteiger partial charge is 0.490 e. The molecule has 0 aliphatic heterocycles. The Labute approximate surface area is 135 Å². The van der Waals surface area contributed by atoms with Crippen molar-refractivity contribution in [3.63, 3.8) is 0 Å². The van der Waals surface area contributed by atoms with Gasteiger partial charge in [0.1, 0.15) is 5.82 Å². The van der Waals surface area contributed by atoms with Gasteiger partial charge < -0.3 is 9.30 Å². The van der Waals surface area contributed by atoms with Crippen molar-refractivity contribution in [1.29, 1.82) is 0 Å². The van der Waals surface area contributed by atoms with Crippen LogP contribution in [0.3, 0.4) is 0 Å². The van der Waals surface area contributed by atoms with E-state index >= 15 is 0 Å². The van der Waals surface area contributed by atoms with E-state index < -0.39 is 0 Å². The fraction of sp³-hybridized carbons (Fsp3) is 0.158. The van der Waals surface area contributed by atoms with E-state index in [4.69, 9.17) is 4.74 Å². The van der Waals surface area contributed by atoms with Gasteiger partial charge >= 0.3 is 5.56 Å². The van der Waals surface area contributed by atoms with Gasteiger partial charge in [0.05, 0.1) is 13.3 Å². The Balaban J connectivity index is 2.14. The molecule has 0 saturated heterocycles. The highest BCUT2D eigenvalue weighted by molar-refractivity contribution is 5.55. The fourth-order valence-corrected chi connectivity index (χ4v) is 2.52. The lowest BCUT2D eigenvalue weighted by molar-refractivity contribution is 0.402. The summed E-state index contributed by atoms with van der Waals surface area (Å²) in [5.74, 6) is 0.887. The van der Waals surface area contributed by atoms with Gasteiger partial charge in [0.25, 0.3) is 0 Å². The van der Waals surface area contributed by atoms with Crippen LogP contribution in [0.4, 0.5) is 0 Å². The van der Waals surface area contributed by atoms with E-state index in [9.17, 15) is 4.79 Å². The Hall–Kier alpha value is -2.88. The molecule has 116 valence electrons. The molecule has 0 amide bonds. The maximum atomic E-state index is 12.1. The summed E-state index contributed by atoms with van der Waals surface area (Å²) in [5.41, 5.74) is 2.93. The maximum Gasteiger partial charge on any atom is 0.315 e. The lowest BCUT2D eigenvalue weighted by Crippen LogP contribution is -2.17. The number of benzene rings is 2. The van der Waals surface area contributed by atoms with Crippen molar-refractivity contribution in [2.75, 3.05) is 7.11 Å². The third kappa shape index (κ3) is 3.16. The topological polar surface area (TPSA) is 44.1 Å². The summed E-state index contributed by atoms with van der Waals surface area (Å²) >= 11 is 0. The lowest BCUT2D eigenvalue weighted by Gasteiger charge is -2.15. The minimum Gasteiger partial charge on any atom is -0.490 e. The molecule has 0 unspecified atom stereocenters. The monoisotopic (exact) mass is 306 g/mol. The molecule has 4 heteroatoms. The summed E-state index contributed by atoms with van der Waals surface area (Å²) in [6.07, 6.45) is 1.73. The minimum atomic E-state index is -0.354. The molecule has 0 atom stereocenters. The van der Waals surface area contributed by atoms with Crippen molar-refractivity contribution < 1.29 is 4.74 Å². The van der Waals surface area contributed by atoms with E-state index in [2.05, 4.69) is 24.0 Å². The van der Waals surface area contributed by atoms with Crippen LogP contribution in [-0.4, -0.2) is 16.7 Å². The molecular formula is C19H18N2O2. The zero-order valence-corrected chi connectivity index (χ0v) is 13.2. The molecule has 0 bridgehead atoms. The molecule has 0 fully saturated rings. The van der Waals surface area contributed by atoms with Crippen LogP contribution in [0.2, 0.25) is 0 Å². The van der Waals surface area contributed by atoms with Crippen LogP contribution in [0.1, 0.15) is 11.1 Å². The number of hydrogen-bond acceptors (Lipinski definition) is 3. The SMILES string of the molecule is COc1cn(Cc2ccccc2C)c(-c2ccccc2)nc1=O. The molecule has 0 spiro atoms. The van der Waals surface area contributed by atoms with E-state index in [-0.39, 0.29) is 11.3 Å². The normalized spacial score (nSPS) is 10.5. The third-order valence-corrected chi connectivity index (χ3v) is 3.82. The Kier molecular flexibility index (Phi) is 4.24. The number of hydrogen-bond donors (Lipinski definition) is 0. The van der Waals surface area contributed by atoms with Gasteiger partial charge in [0.2, 0.25) is 5.75 Å². The Bertz CT molecular complexity index is 870. The first-order valence-corrected chi connectivity index (χ1v) is 7.44. The van der Waals surface area contributed by atoms with Gasteiger partial charge in [0.15, 0.2) is 0 Å². The summed E-state index contributed by atoms with van der Waals surface area (Å²) in [6, 6.07) is 17.9. The number of methoxy groups -OCH3 is 1. The fourth-order valence-electron chi connectivity index (χ4n) is 2.52. The molecule has 23 heavy (non-hydrogen) atoms. The van der Waals surface area contributed by atoms with Crippen LogP contribution in [0.5, 0.6) is 5.75 Å². The predicted molar refractivity (Wildman–Crippen MR) is 90.8 cm³/mol. The molecule has 2 aromatic carbocycles. The molecule has 0 radical (unpaired) electrons. The molecule has 1 aromatic heterocycles. The highest BCUT2D eigenvalue weighted by Gasteiger charge is 2.11. The summed E-state index contributed by atoms with van der Waals surface area (Å²) in [6.45, 7) is 2.70. The van der Waals surface area contributed by atoms with E-state index in [0.29, 0.717) is 12.4 Å². The van der Waals surface area contributed by atoms with Crippen molar-refractivity contribution in [2.45, 2.75) is 13.5 Å². The lowest BCUT2D eigenvalue weighted by atomic mass is 10.1. The van der Waals surface area contributed by atoms with E-state index in [1.807, 2.05) is 47.0 Å². The molecule has 1 heterocycles. The van der Waals surface area contributed by atoms with Crippen LogP contribution in [-0.2, 0) is 6.54 Å². The van der Waals surface area contributed by atoms with Crippen molar-refractivity contribution in [1.82, 2.24) is 9.55 Å². The maximum absolute atomic E-state index is 12.1. The van der Waals surface area contributed by atoms with Crippen LogP contribution in [0, 0.1) is 6.92 Å². The zero-order chi connectivity index (χ0) is 16.2. The quantitative estimate of drug-likeness (QED) is 0.743. The van der Waals surface area contributed by atoms with Gasteiger partial charge in [-0.2, -0.15) is 4.98 Å². The van der Waals surface area contributed by atoms with Crippen LogP contribution in [0.25, 0.3) is 11.4 Å². The molecule has 4 nitrogen and oxygen atoms in total. The summed E-state index contributed by atoms with van der Waals surface area (Å²) in [4.78, 5) is 16.3. The van der Waals surface area contributed by atoms with Crippen molar-refractivity contribution in [3.8, 4) is 17.1 Å². The van der Waals surface area contributed by atoms with Gasteiger partial charge in [0, 0.05) is 12.1 Å². The van der Waals surface area contributed by atoms with Crippen LogP contribution >= 0.6 is 0 Å². The molecule has 0 saturated carbocycles. The average Bonchev–Trinajstić information content (AvgIpc) is 2.59. The number of aryl methyl sites for hydroxylation is 1. The van der Waals surface area contributed by atoms with Crippen molar-refractivity contribution in [3.05, 3.63) is 82.3 Å².